The predicted molar refractivity (Wildman–Crippen MR) is 82.1 cm³/mol. The molecule has 0 fully saturated rings. The van der Waals surface area contributed by atoms with E-state index >= 15 is 0 Å². The number of ketones is 1. The molecule has 0 aliphatic heterocycles. The Morgan fingerprint density at radius 3 is 2.71 bits per heavy atom. The summed E-state index contributed by atoms with van der Waals surface area (Å²) in [7, 11) is 0. The normalized spacial score (nSPS) is 12.3. The van der Waals surface area contributed by atoms with Crippen LogP contribution in [0.4, 0.5) is 0 Å². The molecule has 2 aromatic rings. The number of amides is 1. The molecule has 112 valence electrons. The van der Waals surface area contributed by atoms with Gasteiger partial charge in [0.2, 0.25) is 5.91 Å². The highest BCUT2D eigenvalue weighted by atomic mass is 16.1. The van der Waals surface area contributed by atoms with Crippen molar-refractivity contribution in [2.45, 2.75) is 39.7 Å². The lowest BCUT2D eigenvalue weighted by molar-refractivity contribution is -0.121. The molecule has 1 unspecified atom stereocenters. The van der Waals surface area contributed by atoms with Crippen LogP contribution in [-0.2, 0) is 16.0 Å². The Hall–Kier alpha value is -2.17. The standard InChI is InChI=1S/C16H21N3O2/c1-4-16(21)17-10-9-15-18-13-7-5-6-8-14(13)19(15)11(2)12(3)20/h5-8,11H,4,9-10H2,1-3H3,(H,17,21). The minimum atomic E-state index is -0.255. The Morgan fingerprint density at radius 1 is 1.33 bits per heavy atom. The minimum absolute atomic E-state index is 0.0253. The van der Waals surface area contributed by atoms with Crippen molar-refractivity contribution in [2.24, 2.45) is 0 Å². The number of carbonyl (C=O) groups is 2. The molecule has 0 saturated heterocycles. The zero-order valence-electron chi connectivity index (χ0n) is 12.7. The van der Waals surface area contributed by atoms with Gasteiger partial charge >= 0.3 is 0 Å². The van der Waals surface area contributed by atoms with Crippen LogP contribution in [-0.4, -0.2) is 27.8 Å². The Balaban J connectivity index is 2.31. The van der Waals surface area contributed by atoms with Crippen molar-refractivity contribution in [3.8, 4) is 0 Å². The van der Waals surface area contributed by atoms with Gasteiger partial charge in [0.25, 0.3) is 0 Å². The van der Waals surface area contributed by atoms with Gasteiger partial charge in [-0.15, -0.1) is 0 Å². The van der Waals surface area contributed by atoms with E-state index in [9.17, 15) is 9.59 Å². The van der Waals surface area contributed by atoms with Crippen LogP contribution < -0.4 is 5.32 Å². The molecule has 0 aliphatic carbocycles. The highest BCUT2D eigenvalue weighted by Crippen LogP contribution is 2.22. The van der Waals surface area contributed by atoms with Crippen LogP contribution in [0.1, 0.15) is 39.1 Å². The van der Waals surface area contributed by atoms with Gasteiger partial charge in [-0.05, 0) is 26.0 Å². The number of benzene rings is 1. The zero-order valence-corrected chi connectivity index (χ0v) is 12.7. The summed E-state index contributed by atoms with van der Waals surface area (Å²) in [5.74, 6) is 0.949. The molecule has 1 heterocycles. The van der Waals surface area contributed by atoms with Gasteiger partial charge in [0.1, 0.15) is 5.82 Å². The summed E-state index contributed by atoms with van der Waals surface area (Å²) in [6.07, 6.45) is 1.08. The molecule has 5 heteroatoms. The first kappa shape index (κ1) is 15.2. The fraction of sp³-hybridized carbons (Fsp3) is 0.438. The maximum atomic E-state index is 11.7. The average molecular weight is 287 g/mol. The first-order valence-corrected chi connectivity index (χ1v) is 7.27. The Morgan fingerprint density at radius 2 is 2.05 bits per heavy atom. The summed E-state index contributed by atoms with van der Waals surface area (Å²) in [4.78, 5) is 27.7. The molecule has 0 spiro atoms. The van der Waals surface area contributed by atoms with Gasteiger partial charge in [-0.25, -0.2) is 4.98 Å². The molecule has 0 saturated carbocycles. The first-order chi connectivity index (χ1) is 10.0. The smallest absolute Gasteiger partial charge is 0.219 e. The van der Waals surface area contributed by atoms with Crippen molar-refractivity contribution in [3.63, 3.8) is 0 Å². The molecule has 2 rings (SSSR count). The number of fused-ring (bicyclic) bond motifs is 1. The molecule has 1 N–H and O–H groups in total. The van der Waals surface area contributed by atoms with Gasteiger partial charge in [-0.1, -0.05) is 19.1 Å². The number of carbonyl (C=O) groups excluding carboxylic acids is 2. The molecule has 5 nitrogen and oxygen atoms in total. The van der Waals surface area contributed by atoms with E-state index in [0.717, 1.165) is 16.9 Å². The van der Waals surface area contributed by atoms with Crippen LogP contribution in [0.5, 0.6) is 0 Å². The van der Waals surface area contributed by atoms with Crippen LogP contribution in [0.3, 0.4) is 0 Å². The lowest BCUT2D eigenvalue weighted by atomic mass is 10.2. The number of imidazole rings is 1. The number of nitrogens with zero attached hydrogens (tertiary/aromatic N) is 2. The van der Waals surface area contributed by atoms with Gasteiger partial charge in [-0.2, -0.15) is 0 Å². The predicted octanol–water partition coefficient (Wildman–Crippen LogP) is 2.25. The topological polar surface area (TPSA) is 64.0 Å². The maximum Gasteiger partial charge on any atom is 0.219 e. The summed E-state index contributed by atoms with van der Waals surface area (Å²) >= 11 is 0. The van der Waals surface area contributed by atoms with E-state index in [-0.39, 0.29) is 17.7 Å². The number of nitrogens with one attached hydrogen (secondary N) is 1. The van der Waals surface area contributed by atoms with Crippen molar-refractivity contribution in [1.82, 2.24) is 14.9 Å². The molecule has 0 aliphatic rings. The summed E-state index contributed by atoms with van der Waals surface area (Å²) in [6, 6.07) is 7.52. The van der Waals surface area contributed by atoms with Crippen LogP contribution >= 0.6 is 0 Å². The molecule has 1 aromatic heterocycles. The number of hydrogen-bond acceptors (Lipinski definition) is 3. The second kappa shape index (κ2) is 6.52. The lowest BCUT2D eigenvalue weighted by Crippen LogP contribution is -2.26. The number of Topliss-reactive ketones (excluding diaryl/α,β-unsaturated/α-hetero) is 1. The van der Waals surface area contributed by atoms with Crippen molar-refractivity contribution < 1.29 is 9.59 Å². The summed E-state index contributed by atoms with van der Waals surface area (Å²) in [6.45, 7) is 5.82. The fourth-order valence-corrected chi connectivity index (χ4v) is 2.32. The van der Waals surface area contributed by atoms with Crippen molar-refractivity contribution >= 4 is 22.7 Å². The van der Waals surface area contributed by atoms with Crippen molar-refractivity contribution in [3.05, 3.63) is 30.1 Å². The third kappa shape index (κ3) is 3.29. The monoisotopic (exact) mass is 287 g/mol. The molecule has 0 radical (unpaired) electrons. The van der Waals surface area contributed by atoms with Crippen LogP contribution in [0.15, 0.2) is 24.3 Å². The number of para-hydroxylation sites is 2. The highest BCUT2D eigenvalue weighted by Gasteiger charge is 2.18. The Bertz CT molecular complexity index is 661. The molecule has 1 amide bonds. The minimum Gasteiger partial charge on any atom is -0.356 e. The second-order valence-corrected chi connectivity index (χ2v) is 5.13. The van der Waals surface area contributed by atoms with Crippen molar-refractivity contribution in [1.29, 1.82) is 0 Å². The second-order valence-electron chi connectivity index (χ2n) is 5.13. The average Bonchev–Trinajstić information content (AvgIpc) is 2.84. The Labute approximate surface area is 124 Å². The summed E-state index contributed by atoms with van der Waals surface area (Å²) < 4.78 is 1.97. The molecule has 1 aromatic carbocycles. The Kier molecular flexibility index (Phi) is 4.73. The quantitative estimate of drug-likeness (QED) is 0.886. The first-order valence-electron chi connectivity index (χ1n) is 7.27. The molecular formula is C16H21N3O2. The lowest BCUT2D eigenvalue weighted by Gasteiger charge is -2.15. The van der Waals surface area contributed by atoms with Crippen LogP contribution in [0.25, 0.3) is 11.0 Å². The highest BCUT2D eigenvalue weighted by molar-refractivity contribution is 5.84. The van der Waals surface area contributed by atoms with E-state index in [0.29, 0.717) is 19.4 Å². The molecular weight excluding hydrogens is 266 g/mol. The van der Waals surface area contributed by atoms with Crippen molar-refractivity contribution in [2.75, 3.05) is 6.54 Å². The number of aromatic nitrogens is 2. The van der Waals surface area contributed by atoms with E-state index < -0.39 is 0 Å². The van der Waals surface area contributed by atoms with Gasteiger partial charge < -0.3 is 9.88 Å². The molecule has 1 atom stereocenters. The van der Waals surface area contributed by atoms with Gasteiger partial charge in [0, 0.05) is 19.4 Å². The van der Waals surface area contributed by atoms with E-state index in [1.807, 2.05) is 42.7 Å². The van der Waals surface area contributed by atoms with Gasteiger partial charge in [0.15, 0.2) is 5.78 Å². The fourth-order valence-electron chi connectivity index (χ4n) is 2.32. The zero-order chi connectivity index (χ0) is 15.4. The largest absolute Gasteiger partial charge is 0.356 e. The number of rotatable bonds is 6. The van der Waals surface area contributed by atoms with Crippen LogP contribution in [0.2, 0.25) is 0 Å². The molecule has 0 bridgehead atoms. The van der Waals surface area contributed by atoms with Crippen LogP contribution in [0, 0.1) is 0 Å². The van der Waals surface area contributed by atoms with Gasteiger partial charge in [0.05, 0.1) is 17.1 Å². The number of hydrogen-bond donors (Lipinski definition) is 1. The summed E-state index contributed by atoms with van der Waals surface area (Å²) in [5, 5.41) is 2.84. The SMILES string of the molecule is CCC(=O)NCCc1nc2ccccc2n1C(C)C(C)=O. The van der Waals surface area contributed by atoms with E-state index in [1.165, 1.54) is 0 Å². The van der Waals surface area contributed by atoms with E-state index in [4.69, 9.17) is 0 Å². The van der Waals surface area contributed by atoms with Gasteiger partial charge in [-0.3, -0.25) is 9.59 Å². The molecule has 21 heavy (non-hydrogen) atoms. The maximum absolute atomic E-state index is 11.7. The van der Waals surface area contributed by atoms with E-state index in [2.05, 4.69) is 10.3 Å². The van der Waals surface area contributed by atoms with E-state index in [1.54, 1.807) is 6.92 Å². The third-order valence-electron chi connectivity index (χ3n) is 3.64. The summed E-state index contributed by atoms with van der Waals surface area (Å²) in [5.41, 5.74) is 1.83. The third-order valence-corrected chi connectivity index (χ3v) is 3.64.